The zero-order valence-corrected chi connectivity index (χ0v) is 9.93. The molecule has 0 saturated heterocycles. The molecule has 86 valence electrons. The van der Waals surface area contributed by atoms with Gasteiger partial charge < -0.3 is 9.64 Å². The van der Waals surface area contributed by atoms with Crippen molar-refractivity contribution in [3.05, 3.63) is 42.2 Å². The van der Waals surface area contributed by atoms with E-state index >= 15 is 0 Å². The molecule has 1 aromatic rings. The van der Waals surface area contributed by atoms with Crippen molar-refractivity contribution < 1.29 is 9.53 Å². The fourth-order valence-corrected chi connectivity index (χ4v) is 1.37. The minimum atomic E-state index is -0.0947. The lowest BCUT2D eigenvalue weighted by atomic mass is 10.2. The molecule has 0 fully saturated rings. The van der Waals surface area contributed by atoms with Crippen LogP contribution in [0.2, 0.25) is 0 Å². The molecule has 3 nitrogen and oxygen atoms in total. The van der Waals surface area contributed by atoms with E-state index in [2.05, 4.69) is 0 Å². The Labute approximate surface area is 96.3 Å². The van der Waals surface area contributed by atoms with E-state index in [4.69, 9.17) is 4.74 Å². The summed E-state index contributed by atoms with van der Waals surface area (Å²) in [5, 5.41) is 0. The van der Waals surface area contributed by atoms with Gasteiger partial charge in [-0.25, -0.2) is 0 Å². The molecule has 0 spiro atoms. The summed E-state index contributed by atoms with van der Waals surface area (Å²) in [6.07, 6.45) is 2.85. The maximum absolute atomic E-state index is 11.7. The Morgan fingerprint density at radius 3 is 2.75 bits per heavy atom. The first-order valence-electron chi connectivity index (χ1n) is 5.28. The van der Waals surface area contributed by atoms with Crippen LogP contribution in [0.25, 0.3) is 0 Å². The summed E-state index contributed by atoms with van der Waals surface area (Å²) < 4.78 is 4.99. The number of likely N-dealkylation sites (N-methyl/N-ethyl adjacent to an activating group) is 1. The van der Waals surface area contributed by atoms with E-state index in [1.54, 1.807) is 11.9 Å². The first kappa shape index (κ1) is 12.3. The van der Waals surface area contributed by atoms with Gasteiger partial charge in [0, 0.05) is 18.8 Å². The normalized spacial score (nSPS) is 10.4. The molecule has 0 aliphatic carbocycles. The topological polar surface area (TPSA) is 29.5 Å². The molecule has 1 aromatic carbocycles. The van der Waals surface area contributed by atoms with Gasteiger partial charge in [-0.15, -0.1) is 0 Å². The lowest BCUT2D eigenvalue weighted by Gasteiger charge is -2.17. The summed E-state index contributed by atoms with van der Waals surface area (Å²) >= 11 is 0. The van der Waals surface area contributed by atoms with Crippen LogP contribution >= 0.6 is 0 Å². The van der Waals surface area contributed by atoms with Crippen LogP contribution in [0.3, 0.4) is 0 Å². The van der Waals surface area contributed by atoms with Crippen LogP contribution in [0, 0.1) is 6.92 Å². The number of hydrogen-bond acceptors (Lipinski definition) is 2. The molecule has 0 saturated carbocycles. The van der Waals surface area contributed by atoms with E-state index in [9.17, 15) is 4.79 Å². The number of para-hydroxylation sites is 1. The second kappa shape index (κ2) is 5.95. The Kier molecular flexibility index (Phi) is 4.58. The Morgan fingerprint density at radius 2 is 2.12 bits per heavy atom. The SMILES string of the molecule is CCO/C=C/C(=O)N(C)c1ccccc1C. The van der Waals surface area contributed by atoms with Crippen LogP contribution in [-0.2, 0) is 9.53 Å². The van der Waals surface area contributed by atoms with Gasteiger partial charge in [0.2, 0.25) is 0 Å². The molecule has 0 radical (unpaired) electrons. The van der Waals surface area contributed by atoms with E-state index in [1.807, 2.05) is 38.1 Å². The van der Waals surface area contributed by atoms with Gasteiger partial charge in [-0.3, -0.25) is 4.79 Å². The van der Waals surface area contributed by atoms with E-state index < -0.39 is 0 Å². The van der Waals surface area contributed by atoms with Crippen LogP contribution in [0.4, 0.5) is 5.69 Å². The second-order valence-corrected chi connectivity index (χ2v) is 3.44. The average Bonchev–Trinajstić information content (AvgIpc) is 2.29. The summed E-state index contributed by atoms with van der Waals surface area (Å²) in [5.74, 6) is -0.0947. The molecule has 0 heterocycles. The first-order valence-corrected chi connectivity index (χ1v) is 5.28. The average molecular weight is 219 g/mol. The van der Waals surface area contributed by atoms with Crippen molar-refractivity contribution in [3.63, 3.8) is 0 Å². The molecule has 3 heteroatoms. The summed E-state index contributed by atoms with van der Waals surface area (Å²) in [5.41, 5.74) is 1.98. The molecule has 0 N–H and O–H groups in total. The number of rotatable bonds is 4. The highest BCUT2D eigenvalue weighted by Crippen LogP contribution is 2.17. The monoisotopic (exact) mass is 219 g/mol. The predicted molar refractivity (Wildman–Crippen MR) is 65.4 cm³/mol. The molecule has 16 heavy (non-hydrogen) atoms. The highest BCUT2D eigenvalue weighted by Gasteiger charge is 2.09. The highest BCUT2D eigenvalue weighted by atomic mass is 16.5. The highest BCUT2D eigenvalue weighted by molar-refractivity contribution is 6.01. The van der Waals surface area contributed by atoms with Crippen molar-refractivity contribution in [2.75, 3.05) is 18.6 Å². The Bertz CT molecular complexity index is 385. The van der Waals surface area contributed by atoms with Gasteiger partial charge in [-0.05, 0) is 25.5 Å². The summed E-state index contributed by atoms with van der Waals surface area (Å²) in [6.45, 7) is 4.42. The number of benzene rings is 1. The van der Waals surface area contributed by atoms with Gasteiger partial charge in [-0.2, -0.15) is 0 Å². The lowest BCUT2D eigenvalue weighted by molar-refractivity contribution is -0.114. The molecule has 0 aromatic heterocycles. The minimum absolute atomic E-state index is 0.0947. The molecule has 0 aliphatic rings. The van der Waals surface area contributed by atoms with Crippen LogP contribution in [-0.4, -0.2) is 19.6 Å². The van der Waals surface area contributed by atoms with Crippen LogP contribution < -0.4 is 4.90 Å². The van der Waals surface area contributed by atoms with Gasteiger partial charge in [0.05, 0.1) is 12.9 Å². The maximum atomic E-state index is 11.7. The lowest BCUT2D eigenvalue weighted by Crippen LogP contribution is -2.24. The Morgan fingerprint density at radius 1 is 1.44 bits per heavy atom. The summed E-state index contributed by atoms with van der Waals surface area (Å²) in [7, 11) is 1.75. The number of ether oxygens (including phenoxy) is 1. The van der Waals surface area contributed by atoms with Crippen molar-refractivity contribution >= 4 is 11.6 Å². The van der Waals surface area contributed by atoms with Crippen molar-refractivity contribution in [1.29, 1.82) is 0 Å². The fraction of sp³-hybridized carbons (Fsp3) is 0.308. The molecule has 0 aliphatic heterocycles. The van der Waals surface area contributed by atoms with E-state index in [0.717, 1.165) is 11.3 Å². The second-order valence-electron chi connectivity index (χ2n) is 3.44. The van der Waals surface area contributed by atoms with Crippen molar-refractivity contribution in [2.24, 2.45) is 0 Å². The zero-order chi connectivity index (χ0) is 12.0. The predicted octanol–water partition coefficient (Wildman–Crippen LogP) is 2.51. The number of hydrogen-bond donors (Lipinski definition) is 0. The van der Waals surface area contributed by atoms with Gasteiger partial charge in [0.1, 0.15) is 0 Å². The number of aryl methyl sites for hydroxylation is 1. The quantitative estimate of drug-likeness (QED) is 0.575. The molecular weight excluding hydrogens is 202 g/mol. The van der Waals surface area contributed by atoms with E-state index in [1.165, 1.54) is 12.3 Å². The van der Waals surface area contributed by atoms with E-state index in [0.29, 0.717) is 6.61 Å². The van der Waals surface area contributed by atoms with Crippen molar-refractivity contribution in [2.45, 2.75) is 13.8 Å². The standard InChI is InChI=1S/C13H17NO2/c1-4-16-10-9-13(15)14(3)12-8-6-5-7-11(12)2/h5-10H,4H2,1-3H3/b10-9+. The van der Waals surface area contributed by atoms with Crippen molar-refractivity contribution in [3.8, 4) is 0 Å². The van der Waals surface area contributed by atoms with E-state index in [-0.39, 0.29) is 5.91 Å². The Balaban J connectivity index is 2.75. The number of nitrogens with zero attached hydrogens (tertiary/aromatic N) is 1. The van der Waals surface area contributed by atoms with Crippen molar-refractivity contribution in [1.82, 2.24) is 0 Å². The first-order chi connectivity index (χ1) is 7.66. The maximum Gasteiger partial charge on any atom is 0.253 e. The number of anilines is 1. The van der Waals surface area contributed by atoms with Gasteiger partial charge >= 0.3 is 0 Å². The molecular formula is C13H17NO2. The molecule has 1 rings (SSSR count). The van der Waals surface area contributed by atoms with Crippen LogP contribution in [0.5, 0.6) is 0 Å². The fourth-order valence-electron chi connectivity index (χ4n) is 1.37. The van der Waals surface area contributed by atoms with Gasteiger partial charge in [0.25, 0.3) is 5.91 Å². The zero-order valence-electron chi connectivity index (χ0n) is 9.93. The third-order valence-electron chi connectivity index (χ3n) is 2.28. The van der Waals surface area contributed by atoms with Crippen LogP contribution in [0.1, 0.15) is 12.5 Å². The van der Waals surface area contributed by atoms with Gasteiger partial charge in [0.15, 0.2) is 0 Å². The number of amides is 1. The Hall–Kier alpha value is -1.77. The van der Waals surface area contributed by atoms with Crippen LogP contribution in [0.15, 0.2) is 36.6 Å². The molecule has 0 bridgehead atoms. The third-order valence-corrected chi connectivity index (χ3v) is 2.28. The number of carbonyl (C=O) groups excluding carboxylic acids is 1. The smallest absolute Gasteiger partial charge is 0.253 e. The largest absolute Gasteiger partial charge is 0.501 e. The molecule has 1 amide bonds. The summed E-state index contributed by atoms with van der Waals surface area (Å²) in [4.78, 5) is 13.3. The minimum Gasteiger partial charge on any atom is -0.501 e. The molecule has 0 atom stereocenters. The molecule has 0 unspecified atom stereocenters. The third kappa shape index (κ3) is 3.12. The number of carbonyl (C=O) groups is 1. The summed E-state index contributed by atoms with van der Waals surface area (Å²) in [6, 6.07) is 7.76. The van der Waals surface area contributed by atoms with Gasteiger partial charge in [-0.1, -0.05) is 18.2 Å².